The maximum atomic E-state index is 11.6. The molecule has 0 unspecified atom stereocenters. The average molecular weight is 297 g/mol. The van der Waals surface area contributed by atoms with Gasteiger partial charge in [0.1, 0.15) is 0 Å². The van der Waals surface area contributed by atoms with Crippen molar-refractivity contribution in [3.63, 3.8) is 0 Å². The van der Waals surface area contributed by atoms with E-state index < -0.39 is 6.10 Å². The molecule has 100 valence electrons. The molecule has 0 spiro atoms. The van der Waals surface area contributed by atoms with Crippen LogP contribution in [0.2, 0.25) is 5.02 Å². The van der Waals surface area contributed by atoms with E-state index in [4.69, 9.17) is 11.6 Å². The molecule has 0 fully saturated rings. The van der Waals surface area contributed by atoms with Gasteiger partial charge in [0, 0.05) is 17.3 Å². The van der Waals surface area contributed by atoms with E-state index in [0.29, 0.717) is 10.7 Å². The van der Waals surface area contributed by atoms with Gasteiger partial charge in [-0.3, -0.25) is 0 Å². The number of anilines is 1. The van der Waals surface area contributed by atoms with Gasteiger partial charge in [-0.1, -0.05) is 17.7 Å². The zero-order valence-corrected chi connectivity index (χ0v) is 11.5. The molecule has 1 aromatic carbocycles. The second-order valence-electron chi connectivity index (χ2n) is 3.92. The molecule has 1 aromatic heterocycles. The number of aliphatic hydroxyl groups excluding tert-OH is 1. The van der Waals surface area contributed by atoms with Crippen LogP contribution in [0.1, 0.15) is 11.7 Å². The first-order valence-electron chi connectivity index (χ1n) is 5.66. The maximum Gasteiger partial charge on any atom is 0.319 e. The first-order valence-corrected chi connectivity index (χ1v) is 6.98. The Kier molecular flexibility index (Phi) is 4.79. The Morgan fingerprint density at radius 2 is 2.26 bits per heavy atom. The van der Waals surface area contributed by atoms with Crippen molar-refractivity contribution in [1.82, 2.24) is 5.32 Å². The Labute approximate surface area is 120 Å². The maximum absolute atomic E-state index is 11.6. The molecule has 2 rings (SSSR count). The van der Waals surface area contributed by atoms with Crippen molar-refractivity contribution in [2.24, 2.45) is 0 Å². The van der Waals surface area contributed by atoms with E-state index in [9.17, 15) is 9.90 Å². The fourth-order valence-corrected chi connectivity index (χ4v) is 2.41. The molecule has 0 aliphatic heterocycles. The standard InChI is InChI=1S/C13H13ClN2O2S/c14-10-2-1-3-11(6-10)16-13(18)15-7-12(17)9-4-5-19-8-9/h1-6,8,12,17H,7H2,(H2,15,16,18)/t12-/m0/s1. The highest BCUT2D eigenvalue weighted by Crippen LogP contribution is 2.16. The van der Waals surface area contributed by atoms with Crippen molar-refractivity contribution >= 4 is 34.7 Å². The van der Waals surface area contributed by atoms with E-state index in [1.165, 1.54) is 11.3 Å². The Balaban J connectivity index is 1.82. The summed E-state index contributed by atoms with van der Waals surface area (Å²) < 4.78 is 0. The lowest BCUT2D eigenvalue weighted by Crippen LogP contribution is -2.32. The number of amides is 2. The van der Waals surface area contributed by atoms with Gasteiger partial charge < -0.3 is 15.7 Å². The summed E-state index contributed by atoms with van der Waals surface area (Å²) in [5.74, 6) is 0. The molecule has 19 heavy (non-hydrogen) atoms. The number of nitrogens with one attached hydrogen (secondary N) is 2. The van der Waals surface area contributed by atoms with Crippen molar-refractivity contribution in [1.29, 1.82) is 0 Å². The normalized spacial score (nSPS) is 11.9. The van der Waals surface area contributed by atoms with Crippen molar-refractivity contribution in [3.8, 4) is 0 Å². The summed E-state index contributed by atoms with van der Waals surface area (Å²) in [5.41, 5.74) is 1.41. The predicted octanol–water partition coefficient (Wildman–Crippen LogP) is 3.26. The fraction of sp³-hybridized carbons (Fsp3) is 0.154. The topological polar surface area (TPSA) is 61.4 Å². The molecule has 3 N–H and O–H groups in total. The van der Waals surface area contributed by atoms with Crippen LogP contribution in [0, 0.1) is 0 Å². The van der Waals surface area contributed by atoms with Gasteiger partial charge in [-0.25, -0.2) is 4.79 Å². The van der Waals surface area contributed by atoms with Crippen LogP contribution in [-0.2, 0) is 0 Å². The molecular formula is C13H13ClN2O2S. The minimum atomic E-state index is -0.698. The third-order valence-corrected chi connectivity index (χ3v) is 3.40. The number of hydrogen-bond acceptors (Lipinski definition) is 3. The van der Waals surface area contributed by atoms with Crippen molar-refractivity contribution in [2.75, 3.05) is 11.9 Å². The van der Waals surface area contributed by atoms with Crippen molar-refractivity contribution in [2.45, 2.75) is 6.10 Å². The molecule has 0 aliphatic carbocycles. The number of thiophene rings is 1. The Hall–Kier alpha value is -1.56. The number of hydrogen-bond donors (Lipinski definition) is 3. The summed E-state index contributed by atoms with van der Waals surface area (Å²) in [7, 11) is 0. The smallest absolute Gasteiger partial charge is 0.319 e. The minimum absolute atomic E-state index is 0.156. The minimum Gasteiger partial charge on any atom is -0.387 e. The Morgan fingerprint density at radius 3 is 2.95 bits per heavy atom. The predicted molar refractivity (Wildman–Crippen MR) is 77.8 cm³/mol. The Bertz CT molecular complexity index is 545. The first-order chi connectivity index (χ1) is 9.15. The number of carbonyl (C=O) groups excluding carboxylic acids is 1. The molecule has 2 amide bonds. The number of halogens is 1. The molecule has 0 radical (unpaired) electrons. The van der Waals surface area contributed by atoms with Crippen molar-refractivity contribution in [3.05, 3.63) is 51.7 Å². The van der Waals surface area contributed by atoms with E-state index in [1.54, 1.807) is 24.3 Å². The van der Waals surface area contributed by atoms with Crippen LogP contribution in [-0.4, -0.2) is 17.7 Å². The summed E-state index contributed by atoms with van der Waals surface area (Å²) in [5, 5.41) is 19.3. The van der Waals surface area contributed by atoms with Gasteiger partial charge in [0.25, 0.3) is 0 Å². The van der Waals surface area contributed by atoms with Crippen LogP contribution in [0.3, 0.4) is 0 Å². The summed E-state index contributed by atoms with van der Waals surface area (Å²) in [6, 6.07) is 8.31. The number of benzene rings is 1. The molecule has 0 bridgehead atoms. The SMILES string of the molecule is O=C(NC[C@H](O)c1ccsc1)Nc1cccc(Cl)c1. The fourth-order valence-electron chi connectivity index (χ4n) is 1.51. The number of carbonyl (C=O) groups is 1. The van der Waals surface area contributed by atoms with E-state index >= 15 is 0 Å². The molecule has 1 atom stereocenters. The summed E-state index contributed by atoms with van der Waals surface area (Å²) in [4.78, 5) is 11.6. The lowest BCUT2D eigenvalue weighted by atomic mass is 10.2. The average Bonchev–Trinajstić information content (AvgIpc) is 2.90. The number of rotatable bonds is 4. The van der Waals surface area contributed by atoms with E-state index in [1.807, 2.05) is 16.8 Å². The molecule has 1 heterocycles. The quantitative estimate of drug-likeness (QED) is 0.811. The zero-order chi connectivity index (χ0) is 13.7. The van der Waals surface area contributed by atoms with Crippen LogP contribution in [0.15, 0.2) is 41.1 Å². The third kappa shape index (κ3) is 4.24. The van der Waals surface area contributed by atoms with E-state index in [2.05, 4.69) is 10.6 Å². The summed E-state index contributed by atoms with van der Waals surface area (Å²) in [6.45, 7) is 0.156. The molecule has 2 aromatic rings. The van der Waals surface area contributed by atoms with Gasteiger partial charge in [-0.05, 0) is 40.6 Å². The first kappa shape index (κ1) is 13.9. The van der Waals surface area contributed by atoms with Crippen LogP contribution in [0.4, 0.5) is 10.5 Å². The van der Waals surface area contributed by atoms with Crippen LogP contribution >= 0.6 is 22.9 Å². The molecule has 0 saturated carbocycles. The number of aliphatic hydroxyl groups is 1. The van der Waals surface area contributed by atoms with Crippen LogP contribution in [0.5, 0.6) is 0 Å². The highest BCUT2D eigenvalue weighted by Gasteiger charge is 2.09. The number of urea groups is 1. The Morgan fingerprint density at radius 1 is 1.42 bits per heavy atom. The summed E-state index contributed by atoms with van der Waals surface area (Å²) in [6.07, 6.45) is -0.698. The van der Waals surface area contributed by atoms with E-state index in [-0.39, 0.29) is 12.6 Å². The van der Waals surface area contributed by atoms with Gasteiger partial charge in [-0.2, -0.15) is 11.3 Å². The molecule has 0 aliphatic rings. The largest absolute Gasteiger partial charge is 0.387 e. The van der Waals surface area contributed by atoms with Gasteiger partial charge in [-0.15, -0.1) is 0 Å². The monoisotopic (exact) mass is 296 g/mol. The third-order valence-electron chi connectivity index (χ3n) is 2.47. The van der Waals surface area contributed by atoms with Gasteiger partial charge in [0.05, 0.1) is 6.10 Å². The molecule has 6 heteroatoms. The van der Waals surface area contributed by atoms with Crippen molar-refractivity contribution < 1.29 is 9.90 Å². The molecular weight excluding hydrogens is 284 g/mol. The highest BCUT2D eigenvalue weighted by molar-refractivity contribution is 7.07. The molecule has 0 saturated heterocycles. The van der Waals surface area contributed by atoms with E-state index in [0.717, 1.165) is 5.56 Å². The lowest BCUT2D eigenvalue weighted by molar-refractivity contribution is 0.175. The second kappa shape index (κ2) is 6.56. The van der Waals surface area contributed by atoms with Gasteiger partial charge in [0.15, 0.2) is 0 Å². The van der Waals surface area contributed by atoms with Crippen LogP contribution in [0.25, 0.3) is 0 Å². The van der Waals surface area contributed by atoms with Crippen LogP contribution < -0.4 is 10.6 Å². The second-order valence-corrected chi connectivity index (χ2v) is 5.13. The van der Waals surface area contributed by atoms with Gasteiger partial charge >= 0.3 is 6.03 Å². The molecule has 4 nitrogen and oxygen atoms in total. The highest BCUT2D eigenvalue weighted by atomic mass is 35.5. The van der Waals surface area contributed by atoms with Gasteiger partial charge in [0.2, 0.25) is 0 Å². The lowest BCUT2D eigenvalue weighted by Gasteiger charge is -2.11. The zero-order valence-electron chi connectivity index (χ0n) is 9.97. The summed E-state index contributed by atoms with van der Waals surface area (Å²) >= 11 is 7.32.